The molecule has 0 saturated carbocycles. The second-order valence-corrected chi connectivity index (χ2v) is 6.63. The molecule has 1 fully saturated rings. The lowest BCUT2D eigenvalue weighted by Gasteiger charge is -2.28. The molecule has 0 aliphatic carbocycles. The minimum absolute atomic E-state index is 0.311. The van der Waals surface area contributed by atoms with Crippen molar-refractivity contribution < 1.29 is 9.13 Å². The molecule has 0 amide bonds. The zero-order valence-corrected chi connectivity index (χ0v) is 14.4. The average molecular weight is 340 g/mol. The number of methoxy groups -OCH3 is 1. The minimum atomic E-state index is -0.311. The first kappa shape index (κ1) is 16.0. The first-order valence-corrected chi connectivity index (χ1v) is 8.52. The van der Waals surface area contributed by atoms with Gasteiger partial charge < -0.3 is 14.6 Å². The summed E-state index contributed by atoms with van der Waals surface area (Å²) in [6, 6.07) is 6.60. The summed E-state index contributed by atoms with van der Waals surface area (Å²) in [5.41, 5.74) is 3.30. The van der Waals surface area contributed by atoms with E-state index < -0.39 is 0 Å². The summed E-state index contributed by atoms with van der Waals surface area (Å²) in [4.78, 5) is 14.6. The quantitative estimate of drug-likeness (QED) is 0.792. The van der Waals surface area contributed by atoms with Gasteiger partial charge in [-0.15, -0.1) is 0 Å². The number of hydrogen-bond donors (Lipinski definition) is 1. The summed E-state index contributed by atoms with van der Waals surface area (Å²) in [5.74, 6) is 0.782. The molecule has 0 unspecified atom stereocenters. The SMILES string of the molecule is COc1ccc(F)cc1-c1ncnc2[nH]c(C3CCN(C)CC3)cc12. The third kappa shape index (κ3) is 2.98. The molecule has 0 radical (unpaired) electrons. The maximum atomic E-state index is 13.8. The molecule has 25 heavy (non-hydrogen) atoms. The molecule has 0 spiro atoms. The van der Waals surface area contributed by atoms with Crippen LogP contribution in [0, 0.1) is 5.82 Å². The Morgan fingerprint density at radius 3 is 2.76 bits per heavy atom. The number of halogens is 1. The van der Waals surface area contributed by atoms with Crippen molar-refractivity contribution in [2.24, 2.45) is 0 Å². The van der Waals surface area contributed by atoms with Gasteiger partial charge in [-0.05, 0) is 57.2 Å². The van der Waals surface area contributed by atoms with E-state index in [-0.39, 0.29) is 5.82 Å². The number of piperidine rings is 1. The highest BCUT2D eigenvalue weighted by Crippen LogP contribution is 2.36. The van der Waals surface area contributed by atoms with Crippen LogP contribution in [-0.2, 0) is 0 Å². The smallest absolute Gasteiger partial charge is 0.141 e. The highest BCUT2D eigenvalue weighted by atomic mass is 19.1. The molecule has 2 aromatic heterocycles. The van der Waals surface area contributed by atoms with Crippen molar-refractivity contribution in [3.8, 4) is 17.0 Å². The number of aromatic nitrogens is 3. The standard InChI is InChI=1S/C19H21FN4O/c1-24-7-5-12(6-8-24)16-10-15-18(21-11-22-19(15)23-16)14-9-13(20)3-4-17(14)25-2/h3-4,9-12H,5-8H2,1-2H3,(H,21,22,23). The summed E-state index contributed by atoms with van der Waals surface area (Å²) in [5, 5.41) is 0.903. The van der Waals surface area contributed by atoms with Crippen LogP contribution in [0.3, 0.4) is 0 Å². The normalized spacial score (nSPS) is 16.4. The van der Waals surface area contributed by atoms with Crippen LogP contribution in [-0.4, -0.2) is 47.1 Å². The molecule has 4 rings (SSSR count). The molecule has 1 aliphatic rings. The first-order chi connectivity index (χ1) is 12.2. The van der Waals surface area contributed by atoms with Crippen molar-refractivity contribution in [2.75, 3.05) is 27.2 Å². The number of nitrogens with one attached hydrogen (secondary N) is 1. The van der Waals surface area contributed by atoms with Gasteiger partial charge in [-0.2, -0.15) is 0 Å². The van der Waals surface area contributed by atoms with Crippen LogP contribution in [0.4, 0.5) is 4.39 Å². The van der Waals surface area contributed by atoms with Crippen molar-refractivity contribution in [2.45, 2.75) is 18.8 Å². The third-order valence-corrected chi connectivity index (χ3v) is 5.02. The van der Waals surface area contributed by atoms with E-state index in [0.29, 0.717) is 22.9 Å². The van der Waals surface area contributed by atoms with Gasteiger partial charge in [0.15, 0.2) is 0 Å². The molecular formula is C19H21FN4O. The summed E-state index contributed by atoms with van der Waals surface area (Å²) in [6.07, 6.45) is 3.75. The van der Waals surface area contributed by atoms with Gasteiger partial charge in [0.05, 0.1) is 12.8 Å². The maximum absolute atomic E-state index is 13.8. The maximum Gasteiger partial charge on any atom is 0.141 e. The third-order valence-electron chi connectivity index (χ3n) is 5.02. The Labute approximate surface area is 145 Å². The molecular weight excluding hydrogens is 319 g/mol. The Morgan fingerprint density at radius 1 is 1.20 bits per heavy atom. The second kappa shape index (κ2) is 6.44. The van der Waals surface area contributed by atoms with Crippen LogP contribution in [0.5, 0.6) is 5.75 Å². The summed E-state index contributed by atoms with van der Waals surface area (Å²) in [6.45, 7) is 2.19. The van der Waals surface area contributed by atoms with Crippen LogP contribution in [0.15, 0.2) is 30.6 Å². The summed E-state index contributed by atoms with van der Waals surface area (Å²) < 4.78 is 19.2. The van der Waals surface area contributed by atoms with Gasteiger partial charge >= 0.3 is 0 Å². The van der Waals surface area contributed by atoms with E-state index in [1.165, 1.54) is 24.2 Å². The number of likely N-dealkylation sites (tertiary alicyclic amines) is 1. The van der Waals surface area contributed by atoms with Gasteiger partial charge in [0.2, 0.25) is 0 Å². The van der Waals surface area contributed by atoms with Crippen LogP contribution < -0.4 is 4.74 Å². The molecule has 130 valence electrons. The van der Waals surface area contributed by atoms with E-state index in [2.05, 4.69) is 33.0 Å². The van der Waals surface area contributed by atoms with E-state index >= 15 is 0 Å². The van der Waals surface area contributed by atoms with E-state index in [4.69, 9.17) is 4.74 Å². The Bertz CT molecular complexity index is 900. The molecule has 1 aliphatic heterocycles. The number of aromatic amines is 1. The summed E-state index contributed by atoms with van der Waals surface area (Å²) >= 11 is 0. The number of benzene rings is 1. The Hall–Kier alpha value is -2.47. The lowest BCUT2D eigenvalue weighted by molar-refractivity contribution is 0.254. The molecule has 1 saturated heterocycles. The van der Waals surface area contributed by atoms with E-state index in [1.54, 1.807) is 13.2 Å². The van der Waals surface area contributed by atoms with Crippen molar-refractivity contribution >= 4 is 11.0 Å². The van der Waals surface area contributed by atoms with Crippen LogP contribution in [0.1, 0.15) is 24.5 Å². The van der Waals surface area contributed by atoms with Crippen molar-refractivity contribution in [1.29, 1.82) is 0 Å². The number of nitrogens with zero attached hydrogens (tertiary/aromatic N) is 3. The molecule has 1 N–H and O–H groups in total. The zero-order chi connectivity index (χ0) is 17.4. The molecule has 1 aromatic carbocycles. The number of rotatable bonds is 3. The molecule has 0 atom stereocenters. The van der Waals surface area contributed by atoms with Crippen LogP contribution in [0.25, 0.3) is 22.3 Å². The number of H-pyrrole nitrogens is 1. The van der Waals surface area contributed by atoms with Gasteiger partial charge in [0, 0.05) is 22.6 Å². The topological polar surface area (TPSA) is 54.0 Å². The fourth-order valence-corrected chi connectivity index (χ4v) is 3.58. The lowest BCUT2D eigenvalue weighted by atomic mass is 9.93. The number of fused-ring (bicyclic) bond motifs is 1. The largest absolute Gasteiger partial charge is 0.496 e. The van der Waals surface area contributed by atoms with Gasteiger partial charge in [0.25, 0.3) is 0 Å². The highest BCUT2D eigenvalue weighted by molar-refractivity contribution is 5.92. The first-order valence-electron chi connectivity index (χ1n) is 8.52. The molecule has 6 heteroatoms. The van der Waals surface area contributed by atoms with Gasteiger partial charge in [-0.3, -0.25) is 0 Å². The predicted octanol–water partition coefficient (Wildman–Crippen LogP) is 3.58. The average Bonchev–Trinajstić information content (AvgIpc) is 3.06. The fourth-order valence-electron chi connectivity index (χ4n) is 3.58. The van der Waals surface area contributed by atoms with Crippen molar-refractivity contribution in [1.82, 2.24) is 19.9 Å². The van der Waals surface area contributed by atoms with E-state index in [9.17, 15) is 4.39 Å². The zero-order valence-electron chi connectivity index (χ0n) is 14.4. The molecule has 3 aromatic rings. The van der Waals surface area contributed by atoms with Crippen molar-refractivity contribution in [3.05, 3.63) is 42.1 Å². The second-order valence-electron chi connectivity index (χ2n) is 6.63. The van der Waals surface area contributed by atoms with Gasteiger partial charge in [-0.1, -0.05) is 0 Å². The Kier molecular flexibility index (Phi) is 4.13. The van der Waals surface area contributed by atoms with Gasteiger partial charge in [-0.25, -0.2) is 14.4 Å². The lowest BCUT2D eigenvalue weighted by Crippen LogP contribution is -2.29. The Morgan fingerprint density at radius 2 is 2.00 bits per heavy atom. The Balaban J connectivity index is 1.80. The molecule has 0 bridgehead atoms. The van der Waals surface area contributed by atoms with Gasteiger partial charge in [0.1, 0.15) is 23.5 Å². The van der Waals surface area contributed by atoms with E-state index in [0.717, 1.165) is 37.0 Å². The van der Waals surface area contributed by atoms with Crippen LogP contribution in [0.2, 0.25) is 0 Å². The predicted molar refractivity (Wildman–Crippen MR) is 95.3 cm³/mol. The minimum Gasteiger partial charge on any atom is -0.496 e. The highest BCUT2D eigenvalue weighted by Gasteiger charge is 2.22. The monoisotopic (exact) mass is 340 g/mol. The van der Waals surface area contributed by atoms with Crippen LogP contribution >= 0.6 is 0 Å². The fraction of sp³-hybridized carbons (Fsp3) is 0.368. The molecule has 3 heterocycles. The number of hydrogen-bond acceptors (Lipinski definition) is 4. The summed E-state index contributed by atoms with van der Waals surface area (Å²) in [7, 11) is 3.73. The van der Waals surface area contributed by atoms with Crippen molar-refractivity contribution in [3.63, 3.8) is 0 Å². The number of ether oxygens (including phenoxy) is 1. The van der Waals surface area contributed by atoms with E-state index in [1.807, 2.05) is 0 Å². The molecule has 5 nitrogen and oxygen atoms in total.